The molecule has 2 aromatic heterocycles. The van der Waals surface area contributed by atoms with Crippen LogP contribution in [-0.4, -0.2) is 9.97 Å². The van der Waals surface area contributed by atoms with Gasteiger partial charge in [0.15, 0.2) is 0 Å². The van der Waals surface area contributed by atoms with Crippen LogP contribution < -0.4 is 5.73 Å². The van der Waals surface area contributed by atoms with Crippen LogP contribution in [0.5, 0.6) is 0 Å². The minimum absolute atomic E-state index is 0.503. The van der Waals surface area contributed by atoms with Gasteiger partial charge in [-0.25, -0.2) is 0 Å². The van der Waals surface area contributed by atoms with E-state index in [4.69, 9.17) is 11.0 Å². The molecule has 2 rings (SSSR count). The predicted octanol–water partition coefficient (Wildman–Crippen LogP) is 1.02. The Bertz CT molecular complexity index is 463. The Labute approximate surface area is 68.6 Å². The van der Waals surface area contributed by atoms with Crippen LogP contribution in [0.15, 0.2) is 18.3 Å². The number of pyridine rings is 1. The van der Waals surface area contributed by atoms with Crippen LogP contribution in [0.25, 0.3) is 11.0 Å². The molecule has 0 aliphatic carbocycles. The number of fused-ring (bicyclic) bond motifs is 1. The Balaban J connectivity index is 2.77. The SMILES string of the molecule is N#Cc1cc2ncc(N)cc2[nH]1. The summed E-state index contributed by atoms with van der Waals surface area (Å²) in [5.41, 5.74) is 8.17. The maximum absolute atomic E-state index is 8.57. The number of nitrogen functional groups attached to an aromatic ring is 1. The normalized spacial score (nSPS) is 9.92. The molecule has 0 bridgehead atoms. The predicted molar refractivity (Wildman–Crippen MR) is 45.2 cm³/mol. The quantitative estimate of drug-likeness (QED) is 0.600. The van der Waals surface area contributed by atoms with E-state index in [9.17, 15) is 0 Å². The molecule has 3 N–H and O–H groups in total. The molecule has 0 saturated heterocycles. The lowest BCUT2D eigenvalue weighted by atomic mass is 10.3. The summed E-state index contributed by atoms with van der Waals surface area (Å²) in [4.78, 5) is 6.92. The van der Waals surface area contributed by atoms with E-state index in [0.717, 1.165) is 11.0 Å². The first-order chi connectivity index (χ1) is 5.79. The molecule has 4 heteroatoms. The highest BCUT2D eigenvalue weighted by molar-refractivity contribution is 5.79. The highest BCUT2D eigenvalue weighted by Gasteiger charge is 1.99. The fraction of sp³-hybridized carbons (Fsp3) is 0. The van der Waals surface area contributed by atoms with Crippen molar-refractivity contribution in [2.24, 2.45) is 0 Å². The van der Waals surface area contributed by atoms with E-state index in [1.165, 1.54) is 0 Å². The van der Waals surface area contributed by atoms with Gasteiger partial charge < -0.3 is 10.7 Å². The molecule has 0 aliphatic rings. The molecule has 0 radical (unpaired) electrons. The number of anilines is 1. The van der Waals surface area contributed by atoms with Gasteiger partial charge in [-0.3, -0.25) is 4.98 Å². The molecule has 2 heterocycles. The Morgan fingerprint density at radius 2 is 2.33 bits per heavy atom. The molecule has 4 nitrogen and oxygen atoms in total. The van der Waals surface area contributed by atoms with Gasteiger partial charge in [-0.05, 0) is 6.07 Å². The zero-order chi connectivity index (χ0) is 8.55. The van der Waals surface area contributed by atoms with Gasteiger partial charge in [0.1, 0.15) is 11.8 Å². The van der Waals surface area contributed by atoms with Crippen LogP contribution in [0.4, 0.5) is 5.69 Å². The molecule has 58 valence electrons. The van der Waals surface area contributed by atoms with Crippen molar-refractivity contribution in [3.8, 4) is 6.07 Å². The lowest BCUT2D eigenvalue weighted by molar-refractivity contribution is 1.37. The highest BCUT2D eigenvalue weighted by Crippen LogP contribution is 2.14. The first-order valence-corrected chi connectivity index (χ1v) is 3.44. The summed E-state index contributed by atoms with van der Waals surface area (Å²) in [7, 11) is 0. The Hall–Kier alpha value is -2.02. The molecule has 0 aromatic carbocycles. The van der Waals surface area contributed by atoms with E-state index in [-0.39, 0.29) is 0 Å². The van der Waals surface area contributed by atoms with Crippen LogP contribution in [0.2, 0.25) is 0 Å². The molecule has 0 fully saturated rings. The van der Waals surface area contributed by atoms with Gasteiger partial charge in [0.25, 0.3) is 0 Å². The summed E-state index contributed by atoms with van der Waals surface area (Å²) in [6.07, 6.45) is 1.57. The van der Waals surface area contributed by atoms with Crippen molar-refractivity contribution in [2.45, 2.75) is 0 Å². The summed E-state index contributed by atoms with van der Waals surface area (Å²) in [6, 6.07) is 5.44. The van der Waals surface area contributed by atoms with E-state index >= 15 is 0 Å². The summed E-state index contributed by atoms with van der Waals surface area (Å²) in [5.74, 6) is 0. The van der Waals surface area contributed by atoms with Crippen molar-refractivity contribution in [3.63, 3.8) is 0 Å². The third kappa shape index (κ3) is 0.883. The molecular formula is C8H6N4. The van der Waals surface area contributed by atoms with Crippen molar-refractivity contribution in [3.05, 3.63) is 24.0 Å². The van der Waals surface area contributed by atoms with Crippen molar-refractivity contribution in [2.75, 3.05) is 5.73 Å². The molecule has 0 atom stereocenters. The topological polar surface area (TPSA) is 78.5 Å². The molecule has 0 unspecified atom stereocenters. The molecule has 0 amide bonds. The van der Waals surface area contributed by atoms with E-state index in [1.807, 2.05) is 6.07 Å². The number of nitriles is 1. The van der Waals surface area contributed by atoms with Gasteiger partial charge in [0.05, 0.1) is 22.9 Å². The number of nitrogens with two attached hydrogens (primary N) is 1. The van der Waals surface area contributed by atoms with Crippen molar-refractivity contribution in [1.29, 1.82) is 5.26 Å². The minimum Gasteiger partial charge on any atom is -0.397 e. The number of aromatic amines is 1. The number of hydrogen-bond acceptors (Lipinski definition) is 3. The molecule has 0 spiro atoms. The second-order valence-corrected chi connectivity index (χ2v) is 2.50. The molecule has 0 aliphatic heterocycles. The van der Waals surface area contributed by atoms with Gasteiger partial charge in [-0.1, -0.05) is 0 Å². The fourth-order valence-corrected chi connectivity index (χ4v) is 1.08. The number of nitrogens with one attached hydrogen (secondary N) is 1. The van der Waals surface area contributed by atoms with E-state index in [2.05, 4.69) is 9.97 Å². The Morgan fingerprint density at radius 3 is 3.08 bits per heavy atom. The van der Waals surface area contributed by atoms with Gasteiger partial charge >= 0.3 is 0 Å². The zero-order valence-corrected chi connectivity index (χ0v) is 6.20. The third-order valence-electron chi connectivity index (χ3n) is 1.61. The monoisotopic (exact) mass is 158 g/mol. The zero-order valence-electron chi connectivity index (χ0n) is 6.20. The summed E-state index contributed by atoms with van der Waals surface area (Å²) < 4.78 is 0. The van der Waals surface area contributed by atoms with Crippen LogP contribution in [0, 0.1) is 11.3 Å². The summed E-state index contributed by atoms with van der Waals surface area (Å²) in [5, 5.41) is 8.57. The van der Waals surface area contributed by atoms with Crippen molar-refractivity contribution in [1.82, 2.24) is 9.97 Å². The summed E-state index contributed by atoms with van der Waals surface area (Å²) >= 11 is 0. The number of hydrogen-bond donors (Lipinski definition) is 2. The van der Waals surface area contributed by atoms with Crippen LogP contribution in [-0.2, 0) is 0 Å². The average molecular weight is 158 g/mol. The second-order valence-electron chi connectivity index (χ2n) is 2.50. The average Bonchev–Trinajstić information content (AvgIpc) is 2.46. The van der Waals surface area contributed by atoms with Gasteiger partial charge in [-0.2, -0.15) is 5.26 Å². The molecule has 12 heavy (non-hydrogen) atoms. The highest BCUT2D eigenvalue weighted by atomic mass is 14.8. The van der Waals surface area contributed by atoms with E-state index < -0.39 is 0 Å². The van der Waals surface area contributed by atoms with Gasteiger partial charge in [-0.15, -0.1) is 0 Å². The second kappa shape index (κ2) is 2.24. The first-order valence-electron chi connectivity index (χ1n) is 3.44. The number of nitrogens with zero attached hydrogens (tertiary/aromatic N) is 2. The third-order valence-corrected chi connectivity index (χ3v) is 1.61. The number of rotatable bonds is 0. The standard InChI is InChI=1S/C8H6N4/c9-3-6-2-7-8(12-6)1-5(10)4-11-7/h1-2,4,12H,10H2. The lowest BCUT2D eigenvalue weighted by Crippen LogP contribution is -1.84. The molecule has 2 aromatic rings. The van der Waals surface area contributed by atoms with E-state index in [0.29, 0.717) is 11.4 Å². The summed E-state index contributed by atoms with van der Waals surface area (Å²) in [6.45, 7) is 0. The fourth-order valence-electron chi connectivity index (χ4n) is 1.08. The smallest absolute Gasteiger partial charge is 0.120 e. The first kappa shape index (κ1) is 6.68. The Kier molecular flexibility index (Phi) is 1.25. The molecular weight excluding hydrogens is 152 g/mol. The van der Waals surface area contributed by atoms with Gasteiger partial charge in [0.2, 0.25) is 0 Å². The van der Waals surface area contributed by atoms with Crippen LogP contribution in [0.3, 0.4) is 0 Å². The van der Waals surface area contributed by atoms with E-state index in [1.54, 1.807) is 18.3 Å². The Morgan fingerprint density at radius 1 is 1.50 bits per heavy atom. The number of aromatic nitrogens is 2. The molecule has 0 saturated carbocycles. The lowest BCUT2D eigenvalue weighted by Gasteiger charge is -1.90. The van der Waals surface area contributed by atoms with Crippen LogP contribution in [0.1, 0.15) is 5.69 Å². The largest absolute Gasteiger partial charge is 0.397 e. The maximum Gasteiger partial charge on any atom is 0.120 e. The van der Waals surface area contributed by atoms with Gasteiger partial charge in [0, 0.05) is 6.07 Å². The number of H-pyrrole nitrogens is 1. The maximum atomic E-state index is 8.57. The minimum atomic E-state index is 0.503. The van der Waals surface area contributed by atoms with Crippen molar-refractivity contribution >= 4 is 16.7 Å². The van der Waals surface area contributed by atoms with Crippen LogP contribution >= 0.6 is 0 Å². The van der Waals surface area contributed by atoms with Crippen molar-refractivity contribution < 1.29 is 0 Å².